The lowest BCUT2D eigenvalue weighted by Gasteiger charge is -2.08. The van der Waals surface area contributed by atoms with Crippen LogP contribution in [0, 0.1) is 11.3 Å². The summed E-state index contributed by atoms with van der Waals surface area (Å²) >= 11 is 6.32. The van der Waals surface area contributed by atoms with E-state index in [0.717, 1.165) is 28.2 Å². The number of nitrogens with zero attached hydrogens (tertiary/aromatic N) is 4. The molecule has 0 saturated carbocycles. The van der Waals surface area contributed by atoms with Crippen molar-refractivity contribution in [2.45, 2.75) is 20.4 Å². The van der Waals surface area contributed by atoms with Crippen LogP contribution in [0.15, 0.2) is 67.0 Å². The Kier molecular flexibility index (Phi) is 7.14. The summed E-state index contributed by atoms with van der Waals surface area (Å²) in [6, 6.07) is 18.8. The average molecular weight is 417 g/mol. The van der Waals surface area contributed by atoms with Crippen LogP contribution in [-0.2, 0) is 6.54 Å². The van der Waals surface area contributed by atoms with Gasteiger partial charge in [0, 0.05) is 23.0 Å². The number of halogens is 1. The number of anilines is 1. The Morgan fingerprint density at radius 3 is 2.60 bits per heavy atom. The molecule has 3 aromatic heterocycles. The molecule has 0 aliphatic carbocycles. The van der Waals surface area contributed by atoms with Crippen LogP contribution in [-0.4, -0.2) is 20.2 Å². The molecular formula is C23H21ClN6. The molecule has 7 heteroatoms. The Morgan fingerprint density at radius 2 is 1.87 bits per heavy atom. The highest BCUT2D eigenvalue weighted by Crippen LogP contribution is 2.29. The van der Waals surface area contributed by atoms with E-state index in [0.29, 0.717) is 22.9 Å². The Morgan fingerprint density at radius 1 is 1.00 bits per heavy atom. The van der Waals surface area contributed by atoms with Gasteiger partial charge in [-0.1, -0.05) is 37.6 Å². The van der Waals surface area contributed by atoms with Gasteiger partial charge in [0.15, 0.2) is 0 Å². The summed E-state index contributed by atoms with van der Waals surface area (Å²) in [7, 11) is 0. The number of hydrogen-bond acceptors (Lipinski definition) is 5. The second-order valence-electron chi connectivity index (χ2n) is 6.08. The first kappa shape index (κ1) is 21.0. The van der Waals surface area contributed by atoms with Crippen molar-refractivity contribution < 1.29 is 0 Å². The van der Waals surface area contributed by atoms with Crippen molar-refractivity contribution in [2.75, 3.05) is 5.32 Å². The summed E-state index contributed by atoms with van der Waals surface area (Å²) in [6.07, 6.45) is 3.46. The summed E-state index contributed by atoms with van der Waals surface area (Å²) < 4.78 is 0. The van der Waals surface area contributed by atoms with Gasteiger partial charge in [0.25, 0.3) is 0 Å². The van der Waals surface area contributed by atoms with E-state index in [1.54, 1.807) is 24.5 Å². The molecule has 3 heterocycles. The Hall–Kier alpha value is -3.69. The van der Waals surface area contributed by atoms with E-state index < -0.39 is 0 Å². The van der Waals surface area contributed by atoms with Crippen LogP contribution >= 0.6 is 11.6 Å². The first-order valence-electron chi connectivity index (χ1n) is 9.58. The van der Waals surface area contributed by atoms with E-state index in [1.165, 1.54) is 0 Å². The van der Waals surface area contributed by atoms with Crippen molar-refractivity contribution in [1.29, 1.82) is 5.26 Å². The number of benzene rings is 1. The third-order valence-corrected chi connectivity index (χ3v) is 4.50. The van der Waals surface area contributed by atoms with Crippen LogP contribution in [0.3, 0.4) is 0 Å². The van der Waals surface area contributed by atoms with Gasteiger partial charge in [0.05, 0.1) is 29.6 Å². The zero-order valence-corrected chi connectivity index (χ0v) is 17.5. The fourth-order valence-electron chi connectivity index (χ4n) is 2.80. The van der Waals surface area contributed by atoms with E-state index in [2.05, 4.69) is 31.6 Å². The van der Waals surface area contributed by atoms with E-state index >= 15 is 0 Å². The third-order valence-electron chi connectivity index (χ3n) is 4.19. The number of aromatic amines is 1. The lowest BCUT2D eigenvalue weighted by atomic mass is 10.1. The second-order valence-corrected chi connectivity index (χ2v) is 6.49. The highest BCUT2D eigenvalue weighted by molar-refractivity contribution is 6.33. The van der Waals surface area contributed by atoms with Gasteiger partial charge < -0.3 is 5.32 Å². The summed E-state index contributed by atoms with van der Waals surface area (Å²) in [5.74, 6) is 0.715. The fourth-order valence-corrected chi connectivity index (χ4v) is 3.09. The predicted octanol–water partition coefficient (Wildman–Crippen LogP) is 5.70. The number of pyridine rings is 2. The molecule has 1 aromatic carbocycles. The maximum absolute atomic E-state index is 8.98. The molecule has 150 valence electrons. The molecule has 0 aliphatic rings. The van der Waals surface area contributed by atoms with Crippen molar-refractivity contribution in [3.05, 3.63) is 83.3 Å². The van der Waals surface area contributed by atoms with E-state index in [4.69, 9.17) is 16.9 Å². The number of nitrogens with one attached hydrogen (secondary N) is 2. The molecule has 6 nitrogen and oxygen atoms in total. The molecular weight excluding hydrogens is 396 g/mol. The molecule has 0 saturated heterocycles. The standard InChI is InChI=1S/C21H15ClN6.C2H6/c22-18-9-14(12-23)4-5-17(18)15-6-8-25-21(10-15)26-13-16-11-20(28-27-16)19-3-1-2-7-24-19;1-2/h1-11H,13H2,(H,25,26)(H,27,28);1-2H3. The van der Waals surface area contributed by atoms with Gasteiger partial charge in [-0.25, -0.2) is 4.98 Å². The van der Waals surface area contributed by atoms with Gasteiger partial charge >= 0.3 is 0 Å². The molecule has 0 fully saturated rings. The Bertz CT molecular complexity index is 1150. The lowest BCUT2D eigenvalue weighted by molar-refractivity contribution is 0.975. The molecule has 4 aromatic rings. The zero-order valence-electron chi connectivity index (χ0n) is 16.7. The minimum absolute atomic E-state index is 0.532. The minimum atomic E-state index is 0.532. The normalized spacial score (nSPS) is 9.93. The van der Waals surface area contributed by atoms with Gasteiger partial charge in [-0.2, -0.15) is 10.4 Å². The summed E-state index contributed by atoms with van der Waals surface area (Å²) in [4.78, 5) is 8.65. The number of hydrogen-bond donors (Lipinski definition) is 2. The van der Waals surface area contributed by atoms with Crippen molar-refractivity contribution in [2.24, 2.45) is 0 Å². The van der Waals surface area contributed by atoms with Crippen LogP contribution < -0.4 is 5.32 Å². The Balaban J connectivity index is 0.00000124. The van der Waals surface area contributed by atoms with Gasteiger partial charge in [0.2, 0.25) is 0 Å². The zero-order chi connectivity index (χ0) is 21.3. The molecule has 0 bridgehead atoms. The summed E-state index contributed by atoms with van der Waals surface area (Å²) in [5, 5.41) is 20.1. The van der Waals surface area contributed by atoms with Gasteiger partial charge in [-0.05, 0) is 48.0 Å². The first-order valence-corrected chi connectivity index (χ1v) is 9.96. The number of H-pyrrole nitrogens is 1. The lowest BCUT2D eigenvalue weighted by Crippen LogP contribution is -2.01. The Labute approximate surface area is 180 Å². The monoisotopic (exact) mass is 416 g/mol. The van der Waals surface area contributed by atoms with E-state index in [9.17, 15) is 0 Å². The molecule has 4 rings (SSSR count). The van der Waals surface area contributed by atoms with E-state index in [-0.39, 0.29) is 0 Å². The number of rotatable bonds is 5. The van der Waals surface area contributed by atoms with Crippen LogP contribution in [0.1, 0.15) is 25.1 Å². The third kappa shape index (κ3) is 5.02. The molecule has 2 N–H and O–H groups in total. The average Bonchev–Trinajstić information content (AvgIpc) is 3.29. The fraction of sp³-hybridized carbons (Fsp3) is 0.130. The molecule has 0 spiro atoms. The topological polar surface area (TPSA) is 90.3 Å². The molecule has 0 amide bonds. The SMILES string of the molecule is CC.N#Cc1ccc(-c2ccnc(NCc3cc(-c4ccccn4)n[nH]3)c2)c(Cl)c1. The second kappa shape index (κ2) is 10.2. The molecule has 0 atom stereocenters. The smallest absolute Gasteiger partial charge is 0.126 e. The van der Waals surface area contributed by atoms with Gasteiger partial charge in [-0.3, -0.25) is 10.1 Å². The van der Waals surface area contributed by atoms with Gasteiger partial charge in [-0.15, -0.1) is 0 Å². The largest absolute Gasteiger partial charge is 0.364 e. The van der Waals surface area contributed by atoms with Crippen molar-refractivity contribution >= 4 is 17.4 Å². The van der Waals surface area contributed by atoms with Crippen molar-refractivity contribution in [3.63, 3.8) is 0 Å². The maximum atomic E-state index is 8.98. The number of aromatic nitrogens is 4. The maximum Gasteiger partial charge on any atom is 0.126 e. The quantitative estimate of drug-likeness (QED) is 0.435. The highest BCUT2D eigenvalue weighted by Gasteiger charge is 2.08. The van der Waals surface area contributed by atoms with Crippen LogP contribution in [0.4, 0.5) is 5.82 Å². The summed E-state index contributed by atoms with van der Waals surface area (Å²) in [6.45, 7) is 4.54. The predicted molar refractivity (Wildman–Crippen MR) is 120 cm³/mol. The molecule has 0 radical (unpaired) electrons. The molecule has 30 heavy (non-hydrogen) atoms. The van der Waals surface area contributed by atoms with Crippen LogP contribution in [0.25, 0.3) is 22.5 Å². The van der Waals surface area contributed by atoms with Crippen molar-refractivity contribution in [3.8, 4) is 28.6 Å². The number of nitriles is 1. The highest BCUT2D eigenvalue weighted by atomic mass is 35.5. The summed E-state index contributed by atoms with van der Waals surface area (Å²) in [5.41, 5.74) is 4.84. The minimum Gasteiger partial charge on any atom is -0.364 e. The molecule has 0 aliphatic heterocycles. The van der Waals surface area contributed by atoms with E-state index in [1.807, 2.05) is 56.3 Å². The van der Waals surface area contributed by atoms with Crippen molar-refractivity contribution in [1.82, 2.24) is 20.2 Å². The molecule has 0 unspecified atom stereocenters. The first-order chi connectivity index (χ1) is 14.7. The van der Waals surface area contributed by atoms with Crippen LogP contribution in [0.5, 0.6) is 0 Å². The van der Waals surface area contributed by atoms with Gasteiger partial charge in [0.1, 0.15) is 11.5 Å². The van der Waals surface area contributed by atoms with Crippen LogP contribution in [0.2, 0.25) is 5.02 Å².